The van der Waals surface area contributed by atoms with Crippen molar-refractivity contribution in [2.45, 2.75) is 31.7 Å². The summed E-state index contributed by atoms with van der Waals surface area (Å²) in [7, 11) is 4.12. The lowest BCUT2D eigenvalue weighted by Gasteiger charge is -2.24. The van der Waals surface area contributed by atoms with E-state index in [1.807, 2.05) is 13.2 Å². The van der Waals surface area contributed by atoms with Crippen LogP contribution in [0.4, 0.5) is 5.82 Å². The van der Waals surface area contributed by atoms with Gasteiger partial charge in [-0.2, -0.15) is 5.10 Å². The highest BCUT2D eigenvalue weighted by Gasteiger charge is 2.18. The summed E-state index contributed by atoms with van der Waals surface area (Å²) in [6.07, 6.45) is 8.86. The summed E-state index contributed by atoms with van der Waals surface area (Å²) in [5.41, 5.74) is 0.867. The van der Waals surface area contributed by atoms with Gasteiger partial charge >= 0.3 is 0 Å². The van der Waals surface area contributed by atoms with E-state index in [1.165, 1.54) is 25.7 Å². The molecule has 0 unspecified atom stereocenters. The van der Waals surface area contributed by atoms with Crippen LogP contribution < -0.4 is 5.32 Å². The first-order chi connectivity index (χ1) is 9.75. The lowest BCUT2D eigenvalue weighted by atomic mass is 10.2. The number of hydrogen-bond donors (Lipinski definition) is 1. The smallest absolute Gasteiger partial charge is 0.163 e. The molecule has 2 aromatic heterocycles. The molecule has 6 heteroatoms. The highest BCUT2D eigenvalue weighted by molar-refractivity contribution is 5.85. The van der Waals surface area contributed by atoms with E-state index in [0.29, 0.717) is 0 Å². The normalized spacial score (nSPS) is 16.4. The number of hydrogen-bond acceptors (Lipinski definition) is 5. The number of likely N-dealkylation sites (N-methyl/N-ethyl adjacent to an activating group) is 1. The molecule has 20 heavy (non-hydrogen) atoms. The monoisotopic (exact) mass is 274 g/mol. The van der Waals surface area contributed by atoms with Crippen molar-refractivity contribution in [2.24, 2.45) is 7.05 Å². The highest BCUT2D eigenvalue weighted by Crippen LogP contribution is 2.22. The van der Waals surface area contributed by atoms with Crippen molar-refractivity contribution < 1.29 is 0 Å². The van der Waals surface area contributed by atoms with Gasteiger partial charge in [-0.1, -0.05) is 12.8 Å². The predicted molar refractivity (Wildman–Crippen MR) is 79.7 cm³/mol. The molecule has 0 radical (unpaired) electrons. The summed E-state index contributed by atoms with van der Waals surface area (Å²) in [5, 5.41) is 8.62. The van der Waals surface area contributed by atoms with Gasteiger partial charge in [0.25, 0.3) is 0 Å². The van der Waals surface area contributed by atoms with Crippen molar-refractivity contribution >= 4 is 16.9 Å². The van der Waals surface area contributed by atoms with E-state index in [2.05, 4.69) is 32.3 Å². The molecule has 1 aliphatic carbocycles. The molecule has 108 valence electrons. The first-order valence-electron chi connectivity index (χ1n) is 7.32. The van der Waals surface area contributed by atoms with Crippen molar-refractivity contribution in [2.75, 3.05) is 25.5 Å². The van der Waals surface area contributed by atoms with Gasteiger partial charge in [0.15, 0.2) is 5.65 Å². The van der Waals surface area contributed by atoms with Crippen molar-refractivity contribution in [1.29, 1.82) is 0 Å². The topological polar surface area (TPSA) is 58.9 Å². The molecule has 1 saturated carbocycles. The van der Waals surface area contributed by atoms with E-state index in [-0.39, 0.29) is 0 Å². The Labute approximate surface area is 119 Å². The maximum atomic E-state index is 4.32. The summed E-state index contributed by atoms with van der Waals surface area (Å²) in [6, 6.07) is 0.764. The zero-order chi connectivity index (χ0) is 13.9. The minimum Gasteiger partial charge on any atom is -0.368 e. The molecule has 0 aromatic carbocycles. The molecule has 1 fully saturated rings. The van der Waals surface area contributed by atoms with Gasteiger partial charge in [-0.25, -0.2) is 9.97 Å². The van der Waals surface area contributed by atoms with E-state index < -0.39 is 0 Å². The SMILES string of the molecule is CN(CCNc1ncnc2c1cnn2C)C1CCCC1. The molecule has 0 bridgehead atoms. The summed E-state index contributed by atoms with van der Waals surface area (Å²) >= 11 is 0. The molecule has 3 rings (SSSR count). The van der Waals surface area contributed by atoms with Crippen LogP contribution in [0.2, 0.25) is 0 Å². The number of rotatable bonds is 5. The van der Waals surface area contributed by atoms with Crippen LogP contribution in [0.3, 0.4) is 0 Å². The van der Waals surface area contributed by atoms with Crippen LogP contribution in [0.1, 0.15) is 25.7 Å². The minimum atomic E-state index is 0.764. The molecule has 0 aliphatic heterocycles. The fourth-order valence-corrected chi connectivity index (χ4v) is 2.98. The summed E-state index contributed by atoms with van der Waals surface area (Å²) in [5.74, 6) is 0.878. The number of nitrogens with one attached hydrogen (secondary N) is 1. The van der Waals surface area contributed by atoms with E-state index in [4.69, 9.17) is 0 Å². The third-order valence-corrected chi connectivity index (χ3v) is 4.23. The average molecular weight is 274 g/mol. The third kappa shape index (κ3) is 2.60. The van der Waals surface area contributed by atoms with Crippen LogP contribution in [0.25, 0.3) is 11.0 Å². The molecule has 2 heterocycles. The first-order valence-corrected chi connectivity index (χ1v) is 7.32. The fraction of sp³-hybridized carbons (Fsp3) is 0.643. The predicted octanol–water partition coefficient (Wildman–Crippen LogP) is 1.65. The van der Waals surface area contributed by atoms with E-state index in [0.717, 1.165) is 36.0 Å². The van der Waals surface area contributed by atoms with Gasteiger partial charge in [-0.3, -0.25) is 4.68 Å². The summed E-state index contributed by atoms with van der Waals surface area (Å²) < 4.78 is 1.77. The minimum absolute atomic E-state index is 0.764. The van der Waals surface area contributed by atoms with E-state index in [9.17, 15) is 0 Å². The molecule has 2 aromatic rings. The number of aromatic nitrogens is 4. The van der Waals surface area contributed by atoms with Gasteiger partial charge in [-0.05, 0) is 19.9 Å². The number of nitrogens with zero attached hydrogens (tertiary/aromatic N) is 5. The Morgan fingerprint density at radius 2 is 2.15 bits per heavy atom. The van der Waals surface area contributed by atoms with Crippen LogP contribution in [0, 0.1) is 0 Å². The summed E-state index contributed by atoms with van der Waals surface area (Å²) in [6.45, 7) is 1.93. The average Bonchev–Trinajstić information content (AvgIpc) is 3.10. The molecule has 0 amide bonds. The first kappa shape index (κ1) is 13.3. The van der Waals surface area contributed by atoms with Gasteiger partial charge in [0.2, 0.25) is 0 Å². The second kappa shape index (κ2) is 5.75. The standard InChI is InChI=1S/C14H22N6/c1-19(11-5-3-4-6-11)8-7-15-13-12-9-18-20(2)14(12)17-10-16-13/h9-11H,3-8H2,1-2H3,(H,15,16,17). The molecule has 1 aliphatic rings. The molecule has 0 atom stereocenters. The lowest BCUT2D eigenvalue weighted by molar-refractivity contribution is 0.254. The van der Waals surface area contributed by atoms with Gasteiger partial charge in [0, 0.05) is 26.2 Å². The van der Waals surface area contributed by atoms with E-state index in [1.54, 1.807) is 11.0 Å². The molecular weight excluding hydrogens is 252 g/mol. The van der Waals surface area contributed by atoms with Crippen LogP contribution in [-0.2, 0) is 7.05 Å². The van der Waals surface area contributed by atoms with Crippen LogP contribution >= 0.6 is 0 Å². The van der Waals surface area contributed by atoms with Crippen LogP contribution in [0.5, 0.6) is 0 Å². The van der Waals surface area contributed by atoms with E-state index >= 15 is 0 Å². The Balaban J connectivity index is 1.59. The Morgan fingerprint density at radius 3 is 2.95 bits per heavy atom. The van der Waals surface area contributed by atoms with Gasteiger partial charge in [0.05, 0.1) is 11.6 Å². The molecule has 6 nitrogen and oxygen atoms in total. The highest BCUT2D eigenvalue weighted by atomic mass is 15.3. The molecule has 1 N–H and O–H groups in total. The Bertz CT molecular complexity index is 572. The maximum absolute atomic E-state index is 4.32. The second-order valence-corrected chi connectivity index (χ2v) is 5.57. The Morgan fingerprint density at radius 1 is 1.35 bits per heavy atom. The van der Waals surface area contributed by atoms with Gasteiger partial charge in [-0.15, -0.1) is 0 Å². The van der Waals surface area contributed by atoms with Crippen LogP contribution in [0.15, 0.2) is 12.5 Å². The fourth-order valence-electron chi connectivity index (χ4n) is 2.98. The van der Waals surface area contributed by atoms with Crippen molar-refractivity contribution in [3.8, 4) is 0 Å². The number of aryl methyl sites for hydroxylation is 1. The van der Waals surface area contributed by atoms with Crippen molar-refractivity contribution in [3.05, 3.63) is 12.5 Å². The lowest BCUT2D eigenvalue weighted by Crippen LogP contribution is -2.33. The number of fused-ring (bicyclic) bond motifs is 1. The van der Waals surface area contributed by atoms with Gasteiger partial charge in [0.1, 0.15) is 12.1 Å². The van der Waals surface area contributed by atoms with Crippen molar-refractivity contribution in [1.82, 2.24) is 24.6 Å². The maximum Gasteiger partial charge on any atom is 0.163 e. The quantitative estimate of drug-likeness (QED) is 0.898. The molecular formula is C14H22N6. The second-order valence-electron chi connectivity index (χ2n) is 5.57. The Kier molecular flexibility index (Phi) is 3.82. The van der Waals surface area contributed by atoms with Crippen molar-refractivity contribution in [3.63, 3.8) is 0 Å². The van der Waals surface area contributed by atoms with Gasteiger partial charge < -0.3 is 10.2 Å². The number of anilines is 1. The molecule has 0 saturated heterocycles. The zero-order valence-corrected chi connectivity index (χ0v) is 12.2. The summed E-state index contributed by atoms with van der Waals surface area (Å²) in [4.78, 5) is 11.0. The Hall–Kier alpha value is -1.69. The largest absolute Gasteiger partial charge is 0.368 e. The molecule has 0 spiro atoms. The van der Waals surface area contributed by atoms with Crippen LogP contribution in [-0.4, -0.2) is 50.8 Å². The third-order valence-electron chi connectivity index (χ3n) is 4.23. The zero-order valence-electron chi connectivity index (χ0n) is 12.2.